The van der Waals surface area contributed by atoms with Crippen LogP contribution < -0.4 is 4.74 Å². The van der Waals surface area contributed by atoms with Gasteiger partial charge < -0.3 is 14.4 Å². The Kier molecular flexibility index (Phi) is 6.64. The summed E-state index contributed by atoms with van der Waals surface area (Å²) in [5.41, 5.74) is 3.17. The highest BCUT2D eigenvalue weighted by molar-refractivity contribution is 5.90. The first kappa shape index (κ1) is 20.2. The summed E-state index contributed by atoms with van der Waals surface area (Å²) in [6.07, 6.45) is 2.85. The summed E-state index contributed by atoms with van der Waals surface area (Å²) in [7, 11) is 0. The largest absolute Gasteiger partial charge is 0.479 e. The molecule has 3 rings (SSSR count). The fraction of sp³-hybridized carbons (Fsp3) is 0.261. The number of nitriles is 1. The molecule has 2 aromatic rings. The van der Waals surface area contributed by atoms with Gasteiger partial charge in [-0.3, -0.25) is 4.79 Å². The molecule has 0 radical (unpaired) electrons. The average molecular weight is 390 g/mol. The molecule has 0 aliphatic carbocycles. The first-order valence-corrected chi connectivity index (χ1v) is 9.41. The number of esters is 1. The quantitative estimate of drug-likeness (QED) is 0.559. The number of hydrogen-bond donors (Lipinski definition) is 0. The second kappa shape index (κ2) is 9.56. The summed E-state index contributed by atoms with van der Waals surface area (Å²) < 4.78 is 10.4. The molecule has 0 bridgehead atoms. The number of amides is 1. The van der Waals surface area contributed by atoms with Gasteiger partial charge in [-0.25, -0.2) is 4.79 Å². The van der Waals surface area contributed by atoms with Crippen molar-refractivity contribution < 1.29 is 19.1 Å². The first-order valence-electron chi connectivity index (χ1n) is 9.41. The van der Waals surface area contributed by atoms with Crippen LogP contribution in [0, 0.1) is 11.3 Å². The van der Waals surface area contributed by atoms with Crippen LogP contribution in [0.1, 0.15) is 23.6 Å². The molecule has 148 valence electrons. The van der Waals surface area contributed by atoms with Crippen molar-refractivity contribution in [1.82, 2.24) is 4.90 Å². The summed E-state index contributed by atoms with van der Waals surface area (Å²) in [6, 6.07) is 16.9. The van der Waals surface area contributed by atoms with Gasteiger partial charge in [0.25, 0.3) is 5.91 Å². The minimum atomic E-state index is -0.848. The fourth-order valence-corrected chi connectivity index (χ4v) is 3.16. The Morgan fingerprint density at radius 2 is 1.90 bits per heavy atom. The fourth-order valence-electron chi connectivity index (χ4n) is 3.16. The summed E-state index contributed by atoms with van der Waals surface area (Å²) in [6.45, 7) is 2.73. The maximum Gasteiger partial charge on any atom is 0.331 e. The molecular formula is C23H22N2O4. The van der Waals surface area contributed by atoms with E-state index in [1.165, 1.54) is 11.6 Å². The van der Waals surface area contributed by atoms with E-state index in [0.717, 1.165) is 17.5 Å². The zero-order valence-electron chi connectivity index (χ0n) is 16.2. The molecule has 1 unspecified atom stereocenters. The van der Waals surface area contributed by atoms with Crippen LogP contribution in [0.4, 0.5) is 0 Å². The number of rotatable bonds is 6. The Morgan fingerprint density at radius 1 is 1.17 bits per heavy atom. The van der Waals surface area contributed by atoms with E-state index in [1.54, 1.807) is 42.2 Å². The average Bonchev–Trinajstić information content (AvgIpc) is 2.76. The second-order valence-corrected chi connectivity index (χ2v) is 6.71. The van der Waals surface area contributed by atoms with E-state index in [1.807, 2.05) is 24.3 Å². The van der Waals surface area contributed by atoms with Gasteiger partial charge in [0.05, 0.1) is 0 Å². The zero-order chi connectivity index (χ0) is 20.6. The van der Waals surface area contributed by atoms with Crippen molar-refractivity contribution in [2.45, 2.75) is 26.0 Å². The van der Waals surface area contributed by atoms with Gasteiger partial charge in [-0.1, -0.05) is 36.4 Å². The third-order valence-electron chi connectivity index (χ3n) is 4.68. The van der Waals surface area contributed by atoms with E-state index < -0.39 is 12.1 Å². The van der Waals surface area contributed by atoms with Crippen molar-refractivity contribution in [3.8, 4) is 11.8 Å². The van der Waals surface area contributed by atoms with Crippen LogP contribution in [-0.4, -0.2) is 36.0 Å². The van der Waals surface area contributed by atoms with Crippen LogP contribution in [0.5, 0.6) is 5.75 Å². The Balaban J connectivity index is 1.51. The molecule has 1 atom stereocenters. The number of fused-ring (bicyclic) bond motifs is 1. The predicted octanol–water partition coefficient (Wildman–Crippen LogP) is 3.12. The van der Waals surface area contributed by atoms with E-state index >= 15 is 0 Å². The molecule has 1 aliphatic rings. The highest BCUT2D eigenvalue weighted by Gasteiger charge is 2.26. The summed E-state index contributed by atoms with van der Waals surface area (Å²) in [5.74, 6) is -0.193. The van der Waals surface area contributed by atoms with Crippen LogP contribution >= 0.6 is 0 Å². The monoisotopic (exact) mass is 390 g/mol. The predicted molar refractivity (Wildman–Crippen MR) is 108 cm³/mol. The van der Waals surface area contributed by atoms with Crippen molar-refractivity contribution in [2.75, 3.05) is 13.2 Å². The van der Waals surface area contributed by atoms with Gasteiger partial charge in [-0.2, -0.15) is 5.26 Å². The van der Waals surface area contributed by atoms with Crippen molar-refractivity contribution in [3.63, 3.8) is 0 Å². The Hall–Kier alpha value is -3.59. The van der Waals surface area contributed by atoms with Gasteiger partial charge in [0.2, 0.25) is 0 Å². The lowest BCUT2D eigenvalue weighted by Crippen LogP contribution is -2.42. The molecule has 0 spiro atoms. The molecule has 29 heavy (non-hydrogen) atoms. The Morgan fingerprint density at radius 3 is 2.62 bits per heavy atom. The van der Waals surface area contributed by atoms with Gasteiger partial charge in [0.15, 0.2) is 12.7 Å². The van der Waals surface area contributed by atoms with Crippen LogP contribution in [0.3, 0.4) is 0 Å². The summed E-state index contributed by atoms with van der Waals surface area (Å²) >= 11 is 0. The van der Waals surface area contributed by atoms with Crippen molar-refractivity contribution >= 4 is 18.0 Å². The molecule has 1 aliphatic heterocycles. The SMILES string of the molecule is CC(OC(=O)/C=C/c1ccc(OCC#N)cc1)C(=O)N1CCc2ccccc2C1. The number of ether oxygens (including phenoxy) is 2. The lowest BCUT2D eigenvalue weighted by atomic mass is 9.99. The Bertz CT molecular complexity index is 944. The molecular weight excluding hydrogens is 368 g/mol. The number of benzene rings is 2. The minimum absolute atomic E-state index is 0.0178. The molecule has 1 heterocycles. The number of carbonyl (C=O) groups is 2. The van der Waals surface area contributed by atoms with Crippen LogP contribution in [0.15, 0.2) is 54.6 Å². The van der Waals surface area contributed by atoms with E-state index in [-0.39, 0.29) is 12.5 Å². The standard InChI is InChI=1S/C23H22N2O4/c1-17(23(27)25-14-12-19-4-2-3-5-20(19)16-25)29-22(26)11-8-18-6-9-21(10-7-18)28-15-13-24/h2-11,17H,12,14-16H2,1H3/b11-8+. The second-order valence-electron chi connectivity index (χ2n) is 6.71. The number of hydrogen-bond acceptors (Lipinski definition) is 5. The van der Waals surface area contributed by atoms with Gasteiger partial charge in [-0.05, 0) is 48.2 Å². The molecule has 0 aromatic heterocycles. The van der Waals surface area contributed by atoms with Crippen LogP contribution in [-0.2, 0) is 27.3 Å². The number of nitrogens with zero attached hydrogens (tertiary/aromatic N) is 2. The normalized spacial score (nSPS) is 14.0. The van der Waals surface area contributed by atoms with Gasteiger partial charge in [-0.15, -0.1) is 0 Å². The summed E-state index contributed by atoms with van der Waals surface area (Å²) in [4.78, 5) is 26.4. The molecule has 0 N–H and O–H groups in total. The van der Waals surface area contributed by atoms with Crippen molar-refractivity contribution in [3.05, 3.63) is 71.3 Å². The van der Waals surface area contributed by atoms with Crippen LogP contribution in [0.2, 0.25) is 0 Å². The third-order valence-corrected chi connectivity index (χ3v) is 4.68. The Labute approximate surface area is 170 Å². The third kappa shape index (κ3) is 5.45. The first-order chi connectivity index (χ1) is 14.1. The minimum Gasteiger partial charge on any atom is -0.479 e. The highest BCUT2D eigenvalue weighted by atomic mass is 16.5. The molecule has 6 nitrogen and oxygen atoms in total. The molecule has 0 saturated carbocycles. The maximum absolute atomic E-state index is 12.6. The highest BCUT2D eigenvalue weighted by Crippen LogP contribution is 2.19. The van der Waals surface area contributed by atoms with Crippen LogP contribution in [0.25, 0.3) is 6.08 Å². The van der Waals surface area contributed by atoms with Crippen molar-refractivity contribution in [2.24, 2.45) is 0 Å². The molecule has 6 heteroatoms. The summed E-state index contributed by atoms with van der Waals surface area (Å²) in [5, 5.41) is 8.50. The lowest BCUT2D eigenvalue weighted by Gasteiger charge is -2.30. The molecule has 0 saturated heterocycles. The maximum atomic E-state index is 12.6. The van der Waals surface area contributed by atoms with Crippen molar-refractivity contribution in [1.29, 1.82) is 5.26 Å². The smallest absolute Gasteiger partial charge is 0.331 e. The topological polar surface area (TPSA) is 79.6 Å². The molecule has 2 aromatic carbocycles. The van der Waals surface area contributed by atoms with Gasteiger partial charge in [0.1, 0.15) is 11.8 Å². The van der Waals surface area contributed by atoms with E-state index in [4.69, 9.17) is 14.7 Å². The molecule has 1 amide bonds. The molecule has 0 fully saturated rings. The van der Waals surface area contributed by atoms with E-state index in [9.17, 15) is 9.59 Å². The van der Waals surface area contributed by atoms with E-state index in [2.05, 4.69) is 6.07 Å². The lowest BCUT2D eigenvalue weighted by molar-refractivity contribution is -0.155. The zero-order valence-corrected chi connectivity index (χ0v) is 16.2. The number of carbonyl (C=O) groups excluding carboxylic acids is 2. The van der Waals surface area contributed by atoms with Gasteiger partial charge >= 0.3 is 5.97 Å². The van der Waals surface area contributed by atoms with Gasteiger partial charge in [0, 0.05) is 19.2 Å². The van der Waals surface area contributed by atoms with E-state index in [0.29, 0.717) is 18.8 Å².